The molecular formula is C19H22N6O3S. The van der Waals surface area contributed by atoms with Gasteiger partial charge in [0.1, 0.15) is 16.4 Å². The van der Waals surface area contributed by atoms with Gasteiger partial charge in [0.25, 0.3) is 5.56 Å². The van der Waals surface area contributed by atoms with E-state index in [-0.39, 0.29) is 17.4 Å². The van der Waals surface area contributed by atoms with Crippen molar-refractivity contribution in [1.29, 1.82) is 0 Å². The van der Waals surface area contributed by atoms with Gasteiger partial charge < -0.3 is 5.73 Å². The van der Waals surface area contributed by atoms with Crippen molar-refractivity contribution < 1.29 is 4.79 Å². The number of nitrogens with two attached hydrogens (primary N) is 1. The second kappa shape index (κ2) is 8.10. The molecule has 0 saturated heterocycles. The average Bonchev–Trinajstić information content (AvgIpc) is 3.22. The van der Waals surface area contributed by atoms with Gasteiger partial charge in [-0.2, -0.15) is 0 Å². The molecule has 3 aromatic heterocycles. The summed E-state index contributed by atoms with van der Waals surface area (Å²) in [6, 6.07) is 2.83. The molecule has 9 nitrogen and oxygen atoms in total. The maximum absolute atomic E-state index is 12.9. The number of nitrogens with zero attached hydrogens (tertiary/aromatic N) is 4. The first kappa shape index (κ1) is 20.6. The molecule has 3 rings (SSSR count). The van der Waals surface area contributed by atoms with E-state index in [1.165, 1.54) is 25.4 Å². The maximum atomic E-state index is 12.9. The summed E-state index contributed by atoms with van der Waals surface area (Å²) in [4.78, 5) is 46.0. The summed E-state index contributed by atoms with van der Waals surface area (Å²) in [7, 11) is 2.74. The highest BCUT2D eigenvalue weighted by Crippen LogP contribution is 2.25. The SMILES string of the molecule is CC(NC(C)c1nc(-c2cccnc2)cs1)C(=O)c1c(N)n(C)c(=O)n(C)c1=O. The van der Waals surface area contributed by atoms with Gasteiger partial charge in [0.05, 0.1) is 17.8 Å². The lowest BCUT2D eigenvalue weighted by Gasteiger charge is -2.19. The van der Waals surface area contributed by atoms with Gasteiger partial charge in [0.2, 0.25) is 0 Å². The van der Waals surface area contributed by atoms with Crippen molar-refractivity contribution in [3.8, 4) is 11.3 Å². The van der Waals surface area contributed by atoms with Crippen LogP contribution in [0.3, 0.4) is 0 Å². The summed E-state index contributed by atoms with van der Waals surface area (Å²) in [6.45, 7) is 3.54. The van der Waals surface area contributed by atoms with Gasteiger partial charge in [-0.1, -0.05) is 0 Å². The number of nitrogens with one attached hydrogen (secondary N) is 1. The standard InChI is InChI=1S/C19H22N6O3S/c1-10(15(26)14-16(20)24(3)19(28)25(4)18(14)27)22-11(2)17-23-13(9-29-17)12-6-5-7-21-8-12/h5-11,22H,20H2,1-4H3. The number of hydrogen-bond acceptors (Lipinski definition) is 8. The molecule has 0 aromatic carbocycles. The Labute approximate surface area is 170 Å². The Bertz CT molecular complexity index is 1160. The summed E-state index contributed by atoms with van der Waals surface area (Å²) >= 11 is 1.47. The molecule has 0 amide bonds. The smallest absolute Gasteiger partial charge is 0.332 e. The largest absolute Gasteiger partial charge is 0.384 e. The third kappa shape index (κ3) is 3.89. The Hall–Kier alpha value is -3.11. The molecule has 0 fully saturated rings. The molecule has 0 radical (unpaired) electrons. The summed E-state index contributed by atoms with van der Waals surface area (Å²) in [5.74, 6) is -0.618. The van der Waals surface area contributed by atoms with Gasteiger partial charge in [-0.3, -0.25) is 29.0 Å². The Morgan fingerprint density at radius 3 is 2.62 bits per heavy atom. The number of carbonyl (C=O) groups is 1. The third-order valence-electron chi connectivity index (χ3n) is 4.70. The number of anilines is 1. The zero-order valence-electron chi connectivity index (χ0n) is 16.5. The minimum atomic E-state index is -0.705. The lowest BCUT2D eigenvalue weighted by Crippen LogP contribution is -2.45. The van der Waals surface area contributed by atoms with Crippen molar-refractivity contribution in [1.82, 2.24) is 24.4 Å². The summed E-state index contributed by atoms with van der Waals surface area (Å²) in [5, 5.41) is 5.88. The Kier molecular flexibility index (Phi) is 5.76. The van der Waals surface area contributed by atoms with Crippen molar-refractivity contribution in [2.45, 2.75) is 25.9 Å². The lowest BCUT2D eigenvalue weighted by molar-refractivity contribution is 0.0943. The van der Waals surface area contributed by atoms with E-state index in [2.05, 4.69) is 15.3 Å². The molecule has 3 aromatic rings. The van der Waals surface area contributed by atoms with Crippen molar-refractivity contribution in [3.05, 3.63) is 61.3 Å². The Morgan fingerprint density at radius 1 is 1.24 bits per heavy atom. The van der Waals surface area contributed by atoms with Crippen LogP contribution in [0.5, 0.6) is 0 Å². The molecular weight excluding hydrogens is 392 g/mol. The van der Waals surface area contributed by atoms with E-state index in [9.17, 15) is 14.4 Å². The van der Waals surface area contributed by atoms with Crippen LogP contribution >= 0.6 is 11.3 Å². The van der Waals surface area contributed by atoms with Gasteiger partial charge in [-0.25, -0.2) is 9.78 Å². The van der Waals surface area contributed by atoms with Crippen molar-refractivity contribution >= 4 is 22.9 Å². The highest BCUT2D eigenvalue weighted by atomic mass is 32.1. The van der Waals surface area contributed by atoms with E-state index in [0.29, 0.717) is 0 Å². The van der Waals surface area contributed by atoms with Crippen LogP contribution in [0.1, 0.15) is 35.3 Å². The van der Waals surface area contributed by atoms with Crippen LogP contribution in [0.25, 0.3) is 11.3 Å². The molecule has 2 atom stereocenters. The number of rotatable bonds is 6. The van der Waals surface area contributed by atoms with E-state index < -0.39 is 23.1 Å². The summed E-state index contributed by atoms with van der Waals surface area (Å²) in [5.41, 5.74) is 6.12. The van der Waals surface area contributed by atoms with Gasteiger partial charge in [0, 0.05) is 37.4 Å². The minimum absolute atomic E-state index is 0.141. The first-order chi connectivity index (χ1) is 13.7. The highest BCUT2D eigenvalue weighted by Gasteiger charge is 2.26. The third-order valence-corrected chi connectivity index (χ3v) is 5.73. The fourth-order valence-corrected chi connectivity index (χ4v) is 3.81. The Balaban J connectivity index is 1.81. The van der Waals surface area contributed by atoms with Crippen molar-refractivity contribution in [2.24, 2.45) is 14.1 Å². The quantitative estimate of drug-likeness (QED) is 0.579. The molecule has 3 N–H and O–H groups in total. The van der Waals surface area contributed by atoms with Gasteiger partial charge in [-0.05, 0) is 26.0 Å². The second-order valence-electron chi connectivity index (χ2n) is 6.75. The molecule has 0 aliphatic rings. The Morgan fingerprint density at radius 2 is 1.97 bits per heavy atom. The van der Waals surface area contributed by atoms with E-state index in [4.69, 9.17) is 5.73 Å². The lowest BCUT2D eigenvalue weighted by atomic mass is 10.1. The zero-order chi connectivity index (χ0) is 21.3. The molecule has 0 aliphatic carbocycles. The molecule has 0 aliphatic heterocycles. The van der Waals surface area contributed by atoms with Gasteiger partial charge in [0.15, 0.2) is 5.78 Å². The second-order valence-corrected chi connectivity index (χ2v) is 7.64. The van der Waals surface area contributed by atoms with Crippen molar-refractivity contribution in [3.63, 3.8) is 0 Å². The first-order valence-electron chi connectivity index (χ1n) is 8.94. The van der Waals surface area contributed by atoms with Crippen LogP contribution < -0.4 is 22.3 Å². The number of carbonyl (C=O) groups excluding carboxylic acids is 1. The number of Topliss-reactive ketones (excluding diaryl/α,β-unsaturated/α-hetero) is 1. The average molecular weight is 414 g/mol. The fraction of sp³-hybridized carbons (Fsp3) is 0.316. The van der Waals surface area contributed by atoms with Crippen LogP contribution in [-0.2, 0) is 14.1 Å². The molecule has 0 spiro atoms. The monoisotopic (exact) mass is 414 g/mol. The van der Waals surface area contributed by atoms with Crippen LogP contribution in [0.15, 0.2) is 39.5 Å². The van der Waals surface area contributed by atoms with E-state index in [1.54, 1.807) is 19.3 Å². The molecule has 10 heteroatoms. The van der Waals surface area contributed by atoms with Crippen LogP contribution in [0, 0.1) is 0 Å². The van der Waals surface area contributed by atoms with Crippen LogP contribution in [0.2, 0.25) is 0 Å². The predicted octanol–water partition coefficient (Wildman–Crippen LogP) is 1.11. The number of pyridine rings is 1. The predicted molar refractivity (Wildman–Crippen MR) is 112 cm³/mol. The number of nitrogen functional groups attached to an aromatic ring is 1. The maximum Gasteiger partial charge on any atom is 0.332 e. The van der Waals surface area contributed by atoms with E-state index in [0.717, 1.165) is 25.4 Å². The van der Waals surface area contributed by atoms with E-state index in [1.807, 2.05) is 24.4 Å². The van der Waals surface area contributed by atoms with Crippen LogP contribution in [0.4, 0.5) is 5.82 Å². The van der Waals surface area contributed by atoms with Gasteiger partial charge >= 0.3 is 5.69 Å². The number of aromatic nitrogens is 4. The molecule has 3 heterocycles. The summed E-state index contributed by atoms with van der Waals surface area (Å²) < 4.78 is 1.96. The molecule has 2 unspecified atom stereocenters. The highest BCUT2D eigenvalue weighted by molar-refractivity contribution is 7.10. The zero-order valence-corrected chi connectivity index (χ0v) is 17.4. The number of hydrogen-bond donors (Lipinski definition) is 2. The first-order valence-corrected chi connectivity index (χ1v) is 9.82. The minimum Gasteiger partial charge on any atom is -0.384 e. The molecule has 29 heavy (non-hydrogen) atoms. The molecule has 152 valence electrons. The van der Waals surface area contributed by atoms with Crippen LogP contribution in [-0.4, -0.2) is 30.9 Å². The summed E-state index contributed by atoms with van der Waals surface area (Å²) in [6.07, 6.45) is 3.44. The number of thiazole rings is 1. The molecule has 0 bridgehead atoms. The van der Waals surface area contributed by atoms with E-state index >= 15 is 0 Å². The topological polar surface area (TPSA) is 125 Å². The number of ketones is 1. The van der Waals surface area contributed by atoms with Crippen molar-refractivity contribution in [2.75, 3.05) is 5.73 Å². The molecule has 0 saturated carbocycles. The normalized spacial score (nSPS) is 13.2. The van der Waals surface area contributed by atoms with Gasteiger partial charge in [-0.15, -0.1) is 11.3 Å². The fourth-order valence-electron chi connectivity index (χ4n) is 2.96.